The largest absolute Gasteiger partial charge is 0.493 e. The average Bonchev–Trinajstić information content (AvgIpc) is 3.49. The van der Waals surface area contributed by atoms with E-state index < -0.39 is 0 Å². The molecular formula is C28H23BrN2O6S2. The highest BCUT2D eigenvalue weighted by Crippen LogP contribution is 2.41. The molecule has 11 heteroatoms. The highest BCUT2D eigenvalue weighted by atomic mass is 79.9. The second-order valence-electron chi connectivity index (χ2n) is 8.72. The SMILES string of the molecule is COc1cc(/C=C2/SC(=S)N(c3ccc4c(c3)OCO4)C2=O)ccc1OCC(=O)Nc1cc(C)c(C)cc1Br. The van der Waals surface area contributed by atoms with Gasteiger partial charge in [-0.25, -0.2) is 0 Å². The lowest BCUT2D eigenvalue weighted by Crippen LogP contribution is -2.27. The lowest BCUT2D eigenvalue weighted by molar-refractivity contribution is -0.118. The molecule has 1 fully saturated rings. The van der Waals surface area contributed by atoms with Crippen LogP contribution in [-0.2, 0) is 9.59 Å². The Morgan fingerprint density at radius 1 is 1.10 bits per heavy atom. The van der Waals surface area contributed by atoms with Crippen LogP contribution in [0.15, 0.2) is 57.9 Å². The second-order valence-corrected chi connectivity index (χ2v) is 11.2. The minimum atomic E-state index is -0.308. The van der Waals surface area contributed by atoms with Crippen LogP contribution in [0, 0.1) is 13.8 Å². The zero-order valence-corrected chi connectivity index (χ0v) is 24.4. The summed E-state index contributed by atoms with van der Waals surface area (Å²) in [6.45, 7) is 3.93. The van der Waals surface area contributed by atoms with Gasteiger partial charge in [0, 0.05) is 10.5 Å². The predicted octanol–water partition coefficient (Wildman–Crippen LogP) is 6.23. The summed E-state index contributed by atoms with van der Waals surface area (Å²) in [6, 6.07) is 14.3. The van der Waals surface area contributed by atoms with E-state index in [4.69, 9.17) is 31.2 Å². The number of nitrogens with zero attached hydrogens (tertiary/aromatic N) is 1. The molecule has 0 atom stereocenters. The Labute approximate surface area is 243 Å². The molecule has 1 N–H and O–H groups in total. The minimum Gasteiger partial charge on any atom is -0.493 e. The first-order chi connectivity index (χ1) is 18.7. The van der Waals surface area contributed by atoms with Crippen LogP contribution >= 0.6 is 39.9 Å². The Kier molecular flexibility index (Phi) is 7.83. The molecule has 2 amide bonds. The van der Waals surface area contributed by atoms with Crippen LogP contribution in [0.2, 0.25) is 0 Å². The third-order valence-corrected chi connectivity index (χ3v) is 8.07. The van der Waals surface area contributed by atoms with Crippen LogP contribution in [-0.4, -0.2) is 36.6 Å². The number of anilines is 2. The zero-order chi connectivity index (χ0) is 27.7. The normalized spacial score (nSPS) is 15.2. The van der Waals surface area contributed by atoms with Crippen molar-refractivity contribution in [2.75, 3.05) is 30.7 Å². The molecule has 1 saturated heterocycles. The van der Waals surface area contributed by atoms with Gasteiger partial charge in [0.1, 0.15) is 0 Å². The molecule has 0 aromatic heterocycles. The lowest BCUT2D eigenvalue weighted by atomic mass is 10.1. The third kappa shape index (κ3) is 5.75. The molecule has 0 bridgehead atoms. The maximum Gasteiger partial charge on any atom is 0.270 e. The Bertz CT molecular complexity index is 1540. The molecule has 2 aliphatic rings. The number of fused-ring (bicyclic) bond motifs is 1. The monoisotopic (exact) mass is 626 g/mol. The number of benzene rings is 3. The van der Waals surface area contributed by atoms with Crippen molar-refractivity contribution >= 4 is 73.5 Å². The van der Waals surface area contributed by atoms with Crippen LogP contribution in [0.25, 0.3) is 6.08 Å². The van der Waals surface area contributed by atoms with E-state index >= 15 is 0 Å². The van der Waals surface area contributed by atoms with Gasteiger partial charge in [0.15, 0.2) is 33.9 Å². The smallest absolute Gasteiger partial charge is 0.270 e. The number of nitrogens with one attached hydrogen (secondary N) is 1. The number of methoxy groups -OCH3 is 1. The number of aryl methyl sites for hydroxylation is 2. The van der Waals surface area contributed by atoms with Gasteiger partial charge in [0.25, 0.3) is 11.8 Å². The van der Waals surface area contributed by atoms with Crippen molar-refractivity contribution in [2.45, 2.75) is 13.8 Å². The number of thiocarbonyl (C=S) groups is 1. The fraction of sp³-hybridized carbons (Fsp3) is 0.179. The van der Waals surface area contributed by atoms with Crippen LogP contribution in [0.1, 0.15) is 16.7 Å². The van der Waals surface area contributed by atoms with Crippen molar-refractivity contribution in [3.05, 3.63) is 74.6 Å². The first-order valence-electron chi connectivity index (χ1n) is 11.8. The number of carbonyl (C=O) groups excluding carboxylic acids is 2. The maximum absolute atomic E-state index is 13.2. The predicted molar refractivity (Wildman–Crippen MR) is 159 cm³/mol. The van der Waals surface area contributed by atoms with E-state index in [1.807, 2.05) is 26.0 Å². The van der Waals surface area contributed by atoms with Crippen molar-refractivity contribution in [2.24, 2.45) is 0 Å². The summed E-state index contributed by atoms with van der Waals surface area (Å²) in [5.74, 6) is 1.48. The van der Waals surface area contributed by atoms with Crippen molar-refractivity contribution in [3.8, 4) is 23.0 Å². The van der Waals surface area contributed by atoms with Crippen LogP contribution in [0.5, 0.6) is 23.0 Å². The van der Waals surface area contributed by atoms with Gasteiger partial charge < -0.3 is 24.3 Å². The van der Waals surface area contributed by atoms with E-state index in [2.05, 4.69) is 21.2 Å². The van der Waals surface area contributed by atoms with E-state index in [1.54, 1.807) is 42.5 Å². The van der Waals surface area contributed by atoms with E-state index in [-0.39, 0.29) is 25.2 Å². The first kappa shape index (κ1) is 27.0. The zero-order valence-electron chi connectivity index (χ0n) is 21.2. The fourth-order valence-electron chi connectivity index (χ4n) is 3.97. The minimum absolute atomic E-state index is 0.146. The second kappa shape index (κ2) is 11.3. The Morgan fingerprint density at radius 2 is 1.87 bits per heavy atom. The van der Waals surface area contributed by atoms with E-state index in [9.17, 15) is 9.59 Å². The molecule has 0 unspecified atom stereocenters. The molecular weight excluding hydrogens is 604 g/mol. The molecule has 8 nitrogen and oxygen atoms in total. The molecule has 0 saturated carbocycles. The molecule has 0 aliphatic carbocycles. The Balaban J connectivity index is 1.27. The number of thioether (sulfide) groups is 1. The molecule has 0 radical (unpaired) electrons. The van der Waals surface area contributed by atoms with Crippen molar-refractivity contribution in [3.63, 3.8) is 0 Å². The fourth-order valence-corrected chi connectivity index (χ4v) is 5.82. The first-order valence-corrected chi connectivity index (χ1v) is 13.8. The summed E-state index contributed by atoms with van der Waals surface area (Å²) in [5, 5.41) is 2.85. The average molecular weight is 628 g/mol. The number of hydrogen-bond donors (Lipinski definition) is 1. The molecule has 3 aromatic carbocycles. The highest BCUT2D eigenvalue weighted by molar-refractivity contribution is 9.10. The number of hydrogen-bond acceptors (Lipinski definition) is 8. The summed E-state index contributed by atoms with van der Waals surface area (Å²) in [7, 11) is 1.51. The van der Waals surface area contributed by atoms with E-state index in [0.717, 1.165) is 15.6 Å². The van der Waals surface area contributed by atoms with Crippen LogP contribution < -0.4 is 29.2 Å². The molecule has 0 spiro atoms. The van der Waals surface area contributed by atoms with Crippen molar-refractivity contribution in [1.29, 1.82) is 0 Å². The van der Waals surface area contributed by atoms with Gasteiger partial charge in [-0.3, -0.25) is 14.5 Å². The summed E-state index contributed by atoms with van der Waals surface area (Å²) in [6.07, 6.45) is 1.74. The number of amides is 2. The molecule has 39 heavy (non-hydrogen) atoms. The molecule has 2 heterocycles. The van der Waals surface area contributed by atoms with Gasteiger partial charge in [-0.15, -0.1) is 0 Å². The van der Waals surface area contributed by atoms with Gasteiger partial charge in [-0.2, -0.15) is 0 Å². The van der Waals surface area contributed by atoms with Gasteiger partial charge in [0.05, 0.1) is 23.4 Å². The molecule has 2 aliphatic heterocycles. The van der Waals surface area contributed by atoms with Crippen molar-refractivity contribution in [1.82, 2.24) is 0 Å². The molecule has 5 rings (SSSR count). The van der Waals surface area contributed by atoms with E-state index in [1.165, 1.54) is 23.8 Å². The van der Waals surface area contributed by atoms with Gasteiger partial charge in [-0.1, -0.05) is 30.0 Å². The number of carbonyl (C=O) groups is 2. The number of rotatable bonds is 7. The van der Waals surface area contributed by atoms with Gasteiger partial charge in [0.2, 0.25) is 6.79 Å². The topological polar surface area (TPSA) is 86.3 Å². The quantitative estimate of drug-likeness (QED) is 0.244. The van der Waals surface area contributed by atoms with Crippen LogP contribution in [0.3, 0.4) is 0 Å². The molecule has 200 valence electrons. The maximum atomic E-state index is 13.2. The van der Waals surface area contributed by atoms with Gasteiger partial charge >= 0.3 is 0 Å². The highest BCUT2D eigenvalue weighted by Gasteiger charge is 2.34. The van der Waals surface area contributed by atoms with Gasteiger partial charge in [-0.05, 0) is 88.9 Å². The summed E-state index contributed by atoms with van der Waals surface area (Å²) >= 11 is 10.2. The Hall–Kier alpha value is -3.54. The Morgan fingerprint density at radius 3 is 2.67 bits per heavy atom. The summed E-state index contributed by atoms with van der Waals surface area (Å²) in [4.78, 5) is 27.7. The van der Waals surface area contributed by atoms with Crippen LogP contribution in [0.4, 0.5) is 11.4 Å². The van der Waals surface area contributed by atoms with Crippen molar-refractivity contribution < 1.29 is 28.5 Å². The summed E-state index contributed by atoms with van der Waals surface area (Å²) < 4.78 is 23.2. The lowest BCUT2D eigenvalue weighted by Gasteiger charge is -2.15. The molecule has 3 aromatic rings. The standard InChI is InChI=1S/C28H23BrN2O6S2/c1-15-8-19(29)20(9-16(15)2)30-26(32)13-35-21-6-4-17(10-23(21)34-3)11-25-27(33)31(28(38)39-25)18-5-7-22-24(12-18)37-14-36-22/h4-12H,13-14H2,1-3H3,(H,30,32)/b25-11+. The number of ether oxygens (including phenoxy) is 4. The third-order valence-electron chi connectivity index (χ3n) is 6.11. The number of halogens is 1. The summed E-state index contributed by atoms with van der Waals surface area (Å²) in [5.41, 5.74) is 4.19. The van der Waals surface area contributed by atoms with E-state index in [0.29, 0.717) is 49.2 Å².